The summed E-state index contributed by atoms with van der Waals surface area (Å²) in [6, 6.07) is 0. The lowest BCUT2D eigenvalue weighted by Gasteiger charge is -1.99. The first-order chi connectivity index (χ1) is 11.2. The Kier molecular flexibility index (Phi) is 11.9. The molecule has 1 N–H and O–H groups in total. The van der Waals surface area contributed by atoms with Crippen molar-refractivity contribution in [3.63, 3.8) is 0 Å². The maximum atomic E-state index is 10.4. The molecule has 134 valence electrons. The molecule has 3 heteroatoms. The molecule has 0 aromatic rings. The van der Waals surface area contributed by atoms with Crippen molar-refractivity contribution in [2.45, 2.75) is 109 Å². The number of rotatable bonds is 16. The van der Waals surface area contributed by atoms with E-state index in [-0.39, 0.29) is 6.42 Å². The molecule has 1 fully saturated rings. The Hall–Kier alpha value is -0.830. The van der Waals surface area contributed by atoms with Gasteiger partial charge in [0.2, 0.25) is 0 Å². The van der Waals surface area contributed by atoms with Gasteiger partial charge in [0.25, 0.3) is 0 Å². The Morgan fingerprint density at radius 3 is 2.09 bits per heavy atom. The van der Waals surface area contributed by atoms with Gasteiger partial charge in [-0.15, -0.1) is 0 Å². The first-order valence-corrected chi connectivity index (χ1v) is 9.76. The number of hydrogen-bond acceptors (Lipinski definition) is 2. The number of ether oxygens (including phenoxy) is 1. The number of allylic oxidation sites excluding steroid dienone is 2. The van der Waals surface area contributed by atoms with E-state index in [0.29, 0.717) is 12.2 Å². The fraction of sp³-hybridized carbons (Fsp3) is 0.850. The van der Waals surface area contributed by atoms with E-state index in [2.05, 4.69) is 19.1 Å². The molecule has 1 rings (SSSR count). The minimum atomic E-state index is -0.692. The second-order valence-electron chi connectivity index (χ2n) is 6.81. The van der Waals surface area contributed by atoms with Crippen molar-refractivity contribution in [2.75, 3.05) is 0 Å². The van der Waals surface area contributed by atoms with E-state index in [4.69, 9.17) is 9.84 Å². The van der Waals surface area contributed by atoms with Gasteiger partial charge in [-0.3, -0.25) is 4.79 Å². The smallest absolute Gasteiger partial charge is 0.303 e. The minimum Gasteiger partial charge on any atom is -0.481 e. The van der Waals surface area contributed by atoms with Gasteiger partial charge >= 0.3 is 5.97 Å². The maximum Gasteiger partial charge on any atom is 0.303 e. The quantitative estimate of drug-likeness (QED) is 0.219. The van der Waals surface area contributed by atoms with Crippen LogP contribution in [0, 0.1) is 0 Å². The maximum absolute atomic E-state index is 10.4. The molecule has 0 radical (unpaired) electrons. The summed E-state index contributed by atoms with van der Waals surface area (Å²) in [7, 11) is 0. The number of carbonyl (C=O) groups is 1. The summed E-state index contributed by atoms with van der Waals surface area (Å²) < 4.78 is 5.72. The fourth-order valence-corrected chi connectivity index (χ4v) is 3.03. The third-order valence-electron chi connectivity index (χ3n) is 4.57. The van der Waals surface area contributed by atoms with Crippen molar-refractivity contribution < 1.29 is 14.6 Å². The van der Waals surface area contributed by atoms with Gasteiger partial charge in [0.05, 0.1) is 12.2 Å². The molecule has 1 heterocycles. The van der Waals surface area contributed by atoms with Crippen LogP contribution in [0.1, 0.15) is 96.8 Å². The van der Waals surface area contributed by atoms with Gasteiger partial charge in [0, 0.05) is 6.42 Å². The highest BCUT2D eigenvalue weighted by Crippen LogP contribution is 2.31. The lowest BCUT2D eigenvalue weighted by Crippen LogP contribution is -1.94. The van der Waals surface area contributed by atoms with Crippen LogP contribution in [0.4, 0.5) is 0 Å². The molecule has 2 unspecified atom stereocenters. The number of unbranched alkanes of at least 4 members (excludes halogenated alkanes) is 8. The molecule has 2 atom stereocenters. The lowest BCUT2D eigenvalue weighted by molar-refractivity contribution is -0.137. The molecule has 1 aliphatic rings. The van der Waals surface area contributed by atoms with Crippen molar-refractivity contribution in [3.05, 3.63) is 12.2 Å². The normalized spacial score (nSPS) is 20.2. The van der Waals surface area contributed by atoms with Crippen molar-refractivity contribution in [3.8, 4) is 0 Å². The van der Waals surface area contributed by atoms with Crippen LogP contribution >= 0.6 is 0 Å². The van der Waals surface area contributed by atoms with Crippen LogP contribution in [0.2, 0.25) is 0 Å². The molecule has 0 saturated carbocycles. The highest BCUT2D eigenvalue weighted by atomic mass is 16.6. The second-order valence-corrected chi connectivity index (χ2v) is 6.81. The van der Waals surface area contributed by atoms with E-state index in [1.165, 1.54) is 64.2 Å². The van der Waals surface area contributed by atoms with Gasteiger partial charge in [-0.2, -0.15) is 0 Å². The first kappa shape index (κ1) is 20.2. The van der Waals surface area contributed by atoms with E-state index in [9.17, 15) is 4.79 Å². The molecule has 0 spiro atoms. The van der Waals surface area contributed by atoms with E-state index in [1.54, 1.807) is 0 Å². The molecule has 0 bridgehead atoms. The van der Waals surface area contributed by atoms with Crippen LogP contribution < -0.4 is 0 Å². The Balaban J connectivity index is 1.75. The summed E-state index contributed by atoms with van der Waals surface area (Å²) in [6.45, 7) is 2.25. The standard InChI is InChI=1S/C20H36O3/c1-2-3-12-15-18-19(23-18)16-13-10-8-6-4-5-7-9-11-14-17-20(21)22/h7,9,18-19H,2-6,8,10-17H2,1H3,(H,21,22). The molecule has 0 aromatic heterocycles. The molecular formula is C20H36O3. The number of carboxylic acid groups (broad SMARTS) is 1. The summed E-state index contributed by atoms with van der Waals surface area (Å²) in [5.41, 5.74) is 0. The predicted octanol–water partition coefficient (Wildman–Crippen LogP) is 5.88. The SMILES string of the molecule is CCCCCC1OC1CCCCCCCC=CCCCC(=O)O. The van der Waals surface area contributed by atoms with Crippen molar-refractivity contribution in [2.24, 2.45) is 0 Å². The fourth-order valence-electron chi connectivity index (χ4n) is 3.03. The zero-order valence-electron chi connectivity index (χ0n) is 15.0. The number of carboxylic acids is 1. The van der Waals surface area contributed by atoms with Gasteiger partial charge in [-0.1, -0.05) is 64.0 Å². The Morgan fingerprint density at radius 1 is 0.870 bits per heavy atom. The zero-order valence-corrected chi connectivity index (χ0v) is 15.0. The highest BCUT2D eigenvalue weighted by molar-refractivity contribution is 5.66. The largest absolute Gasteiger partial charge is 0.481 e. The van der Waals surface area contributed by atoms with Crippen LogP contribution in [0.3, 0.4) is 0 Å². The third kappa shape index (κ3) is 12.3. The first-order valence-electron chi connectivity index (χ1n) is 9.76. The van der Waals surface area contributed by atoms with Gasteiger partial charge in [-0.25, -0.2) is 0 Å². The summed E-state index contributed by atoms with van der Waals surface area (Å²) in [5.74, 6) is -0.692. The summed E-state index contributed by atoms with van der Waals surface area (Å²) >= 11 is 0. The van der Waals surface area contributed by atoms with Gasteiger partial charge < -0.3 is 9.84 Å². The van der Waals surface area contributed by atoms with Crippen molar-refractivity contribution >= 4 is 5.97 Å². The summed E-state index contributed by atoms with van der Waals surface area (Å²) in [4.78, 5) is 10.4. The summed E-state index contributed by atoms with van der Waals surface area (Å²) in [6.07, 6.45) is 21.7. The van der Waals surface area contributed by atoms with Crippen LogP contribution in [0.15, 0.2) is 12.2 Å². The average Bonchev–Trinajstić information content (AvgIpc) is 3.27. The molecule has 0 aliphatic carbocycles. The third-order valence-corrected chi connectivity index (χ3v) is 4.57. The van der Waals surface area contributed by atoms with Crippen molar-refractivity contribution in [1.82, 2.24) is 0 Å². The highest BCUT2D eigenvalue weighted by Gasteiger charge is 2.36. The predicted molar refractivity (Wildman–Crippen MR) is 95.7 cm³/mol. The molecule has 23 heavy (non-hydrogen) atoms. The Labute approximate surface area is 142 Å². The minimum absolute atomic E-state index is 0.286. The summed E-state index contributed by atoms with van der Waals surface area (Å²) in [5, 5.41) is 8.53. The average molecular weight is 325 g/mol. The molecule has 1 saturated heterocycles. The zero-order chi connectivity index (χ0) is 16.8. The number of epoxide rings is 1. The topological polar surface area (TPSA) is 49.8 Å². The molecular weight excluding hydrogens is 288 g/mol. The van der Waals surface area contributed by atoms with Gasteiger partial charge in [0.1, 0.15) is 0 Å². The Morgan fingerprint density at radius 2 is 1.43 bits per heavy atom. The number of aliphatic carboxylic acids is 1. The van der Waals surface area contributed by atoms with Crippen LogP contribution in [0.25, 0.3) is 0 Å². The van der Waals surface area contributed by atoms with E-state index in [0.717, 1.165) is 19.3 Å². The molecule has 0 aromatic carbocycles. The van der Waals surface area contributed by atoms with Gasteiger partial charge in [-0.05, 0) is 38.5 Å². The van der Waals surface area contributed by atoms with Gasteiger partial charge in [0.15, 0.2) is 0 Å². The van der Waals surface area contributed by atoms with E-state index in [1.807, 2.05) is 0 Å². The number of hydrogen-bond donors (Lipinski definition) is 1. The van der Waals surface area contributed by atoms with Crippen LogP contribution in [-0.4, -0.2) is 23.3 Å². The monoisotopic (exact) mass is 324 g/mol. The second kappa shape index (κ2) is 13.6. The van der Waals surface area contributed by atoms with E-state index < -0.39 is 5.97 Å². The van der Waals surface area contributed by atoms with Crippen molar-refractivity contribution in [1.29, 1.82) is 0 Å². The van der Waals surface area contributed by atoms with E-state index >= 15 is 0 Å². The molecule has 1 aliphatic heterocycles. The van der Waals surface area contributed by atoms with Crippen LogP contribution in [-0.2, 0) is 9.53 Å². The lowest BCUT2D eigenvalue weighted by atomic mass is 10.0. The molecule has 0 amide bonds. The van der Waals surface area contributed by atoms with Crippen LogP contribution in [0.5, 0.6) is 0 Å². The Bertz CT molecular complexity index is 325. The molecule has 3 nitrogen and oxygen atoms in total.